The van der Waals surface area contributed by atoms with Crippen LogP contribution in [0.25, 0.3) is 64.3 Å². The van der Waals surface area contributed by atoms with Gasteiger partial charge in [0.15, 0.2) is 0 Å². The van der Waals surface area contributed by atoms with Crippen LogP contribution in [0.4, 0.5) is 17.1 Å². The lowest BCUT2D eigenvalue weighted by Crippen LogP contribution is -2.16. The second kappa shape index (κ2) is 11.6. The topological polar surface area (TPSA) is 3.24 Å². The van der Waals surface area contributed by atoms with E-state index in [9.17, 15) is 0 Å². The molecule has 1 aromatic heterocycles. The SMILES string of the molecule is CC1(C)c2ccccc2-c2ccc(N(c3ccc(-c4ccccc4)cc3)c3ccc4c(c3)sc3c5ccccc5c(-c5ccccc5)cc43)cc21. The number of anilines is 3. The largest absolute Gasteiger partial charge is 0.310 e. The third-order valence-corrected chi connectivity index (χ3v) is 12.1. The summed E-state index contributed by atoms with van der Waals surface area (Å²) in [7, 11) is 0. The van der Waals surface area contributed by atoms with Crippen LogP contribution in [0.3, 0.4) is 0 Å². The zero-order valence-electron chi connectivity index (χ0n) is 28.6. The molecule has 9 aromatic rings. The summed E-state index contributed by atoms with van der Waals surface area (Å²) in [4.78, 5) is 2.44. The molecule has 8 aromatic carbocycles. The Balaban J connectivity index is 1.16. The molecular formula is C49H35NS. The van der Waals surface area contributed by atoms with E-state index in [1.54, 1.807) is 0 Å². The van der Waals surface area contributed by atoms with Crippen LogP contribution in [-0.4, -0.2) is 0 Å². The summed E-state index contributed by atoms with van der Waals surface area (Å²) in [5, 5.41) is 5.22. The van der Waals surface area contributed by atoms with Crippen molar-refractivity contribution in [2.24, 2.45) is 0 Å². The number of thiophene rings is 1. The Hall–Kier alpha value is -5.96. The number of hydrogen-bond acceptors (Lipinski definition) is 2. The van der Waals surface area contributed by atoms with Gasteiger partial charge < -0.3 is 4.90 Å². The number of benzene rings is 8. The summed E-state index contributed by atoms with van der Waals surface area (Å²) in [6.45, 7) is 4.72. The van der Waals surface area contributed by atoms with E-state index in [0.717, 1.165) is 11.4 Å². The molecule has 1 aliphatic rings. The number of fused-ring (bicyclic) bond motifs is 8. The Morgan fingerprint density at radius 3 is 1.76 bits per heavy atom. The first kappa shape index (κ1) is 29.9. The fraction of sp³-hybridized carbons (Fsp3) is 0.0612. The van der Waals surface area contributed by atoms with Crippen molar-refractivity contribution in [1.82, 2.24) is 0 Å². The van der Waals surface area contributed by atoms with Crippen molar-refractivity contribution in [2.45, 2.75) is 19.3 Å². The van der Waals surface area contributed by atoms with E-state index < -0.39 is 0 Å². The second-order valence-corrected chi connectivity index (χ2v) is 15.2. The van der Waals surface area contributed by atoms with Crippen LogP contribution in [0.15, 0.2) is 176 Å². The summed E-state index contributed by atoms with van der Waals surface area (Å²) < 4.78 is 2.63. The Bertz CT molecular complexity index is 2760. The highest BCUT2D eigenvalue weighted by Crippen LogP contribution is 2.51. The van der Waals surface area contributed by atoms with Gasteiger partial charge in [0.05, 0.1) is 0 Å². The molecule has 0 spiro atoms. The zero-order valence-corrected chi connectivity index (χ0v) is 29.4. The van der Waals surface area contributed by atoms with Gasteiger partial charge >= 0.3 is 0 Å². The lowest BCUT2D eigenvalue weighted by Gasteiger charge is -2.28. The molecule has 2 heteroatoms. The Kier molecular flexibility index (Phi) is 6.78. The molecule has 0 fully saturated rings. The first-order chi connectivity index (χ1) is 25.0. The van der Waals surface area contributed by atoms with Crippen LogP contribution in [0.5, 0.6) is 0 Å². The van der Waals surface area contributed by atoms with Gasteiger partial charge in [-0.3, -0.25) is 0 Å². The predicted octanol–water partition coefficient (Wildman–Crippen LogP) is 14.3. The van der Waals surface area contributed by atoms with Crippen LogP contribution in [-0.2, 0) is 5.41 Å². The molecule has 0 amide bonds. The minimum Gasteiger partial charge on any atom is -0.310 e. The molecular weight excluding hydrogens is 635 g/mol. The normalized spacial score (nSPS) is 13.1. The molecule has 1 aliphatic carbocycles. The minimum atomic E-state index is -0.0856. The third-order valence-electron chi connectivity index (χ3n) is 10.9. The molecule has 0 N–H and O–H groups in total. The van der Waals surface area contributed by atoms with Gasteiger partial charge in [0.1, 0.15) is 0 Å². The average molecular weight is 670 g/mol. The molecule has 0 atom stereocenters. The molecule has 0 unspecified atom stereocenters. The molecule has 51 heavy (non-hydrogen) atoms. The summed E-state index contributed by atoms with van der Waals surface area (Å²) in [5.74, 6) is 0. The fourth-order valence-electron chi connectivity index (χ4n) is 8.29. The highest BCUT2D eigenvalue weighted by Gasteiger charge is 2.35. The van der Waals surface area contributed by atoms with E-state index in [2.05, 4.69) is 195 Å². The van der Waals surface area contributed by atoms with E-state index in [4.69, 9.17) is 0 Å². The van der Waals surface area contributed by atoms with Gasteiger partial charge in [0.2, 0.25) is 0 Å². The van der Waals surface area contributed by atoms with Crippen LogP contribution in [0, 0.1) is 0 Å². The molecule has 0 radical (unpaired) electrons. The monoisotopic (exact) mass is 669 g/mol. The maximum atomic E-state index is 2.44. The standard InChI is InChI=1S/C49H35NS/c1-49(2)45-20-12-11-18-39(45)40-27-25-36(29-46(40)49)50(35-23-21-33(22-24-35)32-13-5-3-6-14-32)37-26-28-41-44-31-43(34-15-7-4-8-16-34)38-17-9-10-19-42(38)48(44)51-47(41)30-37/h3-31H,1-2H3. The molecule has 10 rings (SSSR count). The maximum Gasteiger partial charge on any atom is 0.0476 e. The summed E-state index contributed by atoms with van der Waals surface area (Å²) in [5.41, 5.74) is 13.8. The fourth-order valence-corrected chi connectivity index (χ4v) is 9.55. The highest BCUT2D eigenvalue weighted by molar-refractivity contribution is 7.26. The van der Waals surface area contributed by atoms with Crippen LogP contribution in [0.2, 0.25) is 0 Å². The first-order valence-corrected chi connectivity index (χ1v) is 18.5. The van der Waals surface area contributed by atoms with E-state index in [1.165, 1.54) is 81.1 Å². The van der Waals surface area contributed by atoms with E-state index in [0.29, 0.717) is 0 Å². The first-order valence-electron chi connectivity index (χ1n) is 17.7. The van der Waals surface area contributed by atoms with Gasteiger partial charge in [-0.15, -0.1) is 11.3 Å². The Labute approximate surface area is 302 Å². The summed E-state index contributed by atoms with van der Waals surface area (Å²) in [6, 6.07) is 64.7. The second-order valence-electron chi connectivity index (χ2n) is 14.1. The minimum absolute atomic E-state index is 0.0856. The molecule has 242 valence electrons. The molecule has 0 bridgehead atoms. The zero-order chi connectivity index (χ0) is 34.1. The van der Waals surface area contributed by atoms with E-state index in [-0.39, 0.29) is 5.41 Å². The predicted molar refractivity (Wildman–Crippen MR) is 220 cm³/mol. The number of nitrogens with zero attached hydrogens (tertiary/aromatic N) is 1. The van der Waals surface area contributed by atoms with Crippen molar-refractivity contribution in [3.8, 4) is 33.4 Å². The summed E-state index contributed by atoms with van der Waals surface area (Å²) >= 11 is 1.90. The van der Waals surface area contributed by atoms with E-state index >= 15 is 0 Å². The summed E-state index contributed by atoms with van der Waals surface area (Å²) in [6.07, 6.45) is 0. The number of rotatable bonds is 5. The number of hydrogen-bond donors (Lipinski definition) is 0. The van der Waals surface area contributed by atoms with Crippen molar-refractivity contribution in [3.05, 3.63) is 187 Å². The van der Waals surface area contributed by atoms with Gasteiger partial charge in [-0.25, -0.2) is 0 Å². The van der Waals surface area contributed by atoms with Crippen molar-refractivity contribution in [1.29, 1.82) is 0 Å². The van der Waals surface area contributed by atoms with Gasteiger partial charge in [0, 0.05) is 48.0 Å². The van der Waals surface area contributed by atoms with Crippen LogP contribution in [0.1, 0.15) is 25.0 Å². The Morgan fingerprint density at radius 1 is 0.392 bits per heavy atom. The van der Waals surface area contributed by atoms with Crippen molar-refractivity contribution < 1.29 is 0 Å². The third kappa shape index (κ3) is 4.75. The highest BCUT2D eigenvalue weighted by atomic mass is 32.1. The van der Waals surface area contributed by atoms with Crippen molar-refractivity contribution in [3.63, 3.8) is 0 Å². The van der Waals surface area contributed by atoms with Crippen LogP contribution < -0.4 is 4.90 Å². The smallest absolute Gasteiger partial charge is 0.0476 e. The van der Waals surface area contributed by atoms with Gasteiger partial charge in [0.25, 0.3) is 0 Å². The molecule has 0 aliphatic heterocycles. The molecule has 0 saturated heterocycles. The van der Waals surface area contributed by atoms with Crippen LogP contribution >= 0.6 is 11.3 Å². The molecule has 1 heterocycles. The lowest BCUT2D eigenvalue weighted by atomic mass is 9.82. The van der Waals surface area contributed by atoms with Gasteiger partial charge in [-0.05, 0) is 92.4 Å². The van der Waals surface area contributed by atoms with Gasteiger partial charge in [-0.1, -0.05) is 147 Å². The van der Waals surface area contributed by atoms with Crippen molar-refractivity contribution in [2.75, 3.05) is 4.90 Å². The molecule has 1 nitrogen and oxygen atoms in total. The quantitative estimate of drug-likeness (QED) is 0.176. The lowest BCUT2D eigenvalue weighted by molar-refractivity contribution is 0.660. The average Bonchev–Trinajstić information content (AvgIpc) is 3.67. The maximum absolute atomic E-state index is 2.44. The van der Waals surface area contributed by atoms with Gasteiger partial charge in [-0.2, -0.15) is 0 Å². The van der Waals surface area contributed by atoms with Crippen molar-refractivity contribution >= 4 is 59.3 Å². The molecule has 0 saturated carbocycles. The Morgan fingerprint density at radius 2 is 0.980 bits per heavy atom. The van der Waals surface area contributed by atoms with E-state index in [1.807, 2.05) is 11.3 Å².